The summed E-state index contributed by atoms with van der Waals surface area (Å²) in [7, 11) is -3.74. The molecule has 0 fully saturated rings. The molecule has 0 atom stereocenters. The molecule has 31 heavy (non-hydrogen) atoms. The number of carbonyl (C=O) groups excluding carboxylic acids is 1. The van der Waals surface area contributed by atoms with Gasteiger partial charge in [0.15, 0.2) is 0 Å². The number of rotatable bonds is 7. The van der Waals surface area contributed by atoms with Crippen molar-refractivity contribution < 1.29 is 17.6 Å². The second-order valence-corrected chi connectivity index (χ2v) is 8.41. The lowest BCUT2D eigenvalue weighted by atomic mass is 10.3. The van der Waals surface area contributed by atoms with Crippen molar-refractivity contribution in [3.05, 3.63) is 89.2 Å². The van der Waals surface area contributed by atoms with Crippen LogP contribution in [0.1, 0.15) is 5.76 Å². The van der Waals surface area contributed by atoms with Crippen LogP contribution in [0.5, 0.6) is 0 Å². The van der Waals surface area contributed by atoms with Gasteiger partial charge in [-0.2, -0.15) is 0 Å². The number of benzene rings is 2. The Kier molecular flexibility index (Phi) is 5.65. The maximum absolute atomic E-state index is 12.5. The van der Waals surface area contributed by atoms with Gasteiger partial charge in [-0.15, -0.1) is 0 Å². The van der Waals surface area contributed by atoms with Crippen LogP contribution in [-0.4, -0.2) is 23.9 Å². The second kappa shape index (κ2) is 8.54. The van der Waals surface area contributed by atoms with Gasteiger partial charge in [0.05, 0.1) is 34.9 Å². The minimum absolute atomic E-state index is 0.0302. The average Bonchev–Trinajstić information content (AvgIpc) is 3.29. The molecule has 2 aromatic carbocycles. The number of nitrogens with one attached hydrogen (secondary N) is 2. The summed E-state index contributed by atoms with van der Waals surface area (Å²) in [4.78, 5) is 28.7. The predicted molar refractivity (Wildman–Crippen MR) is 114 cm³/mol. The molecule has 0 radical (unpaired) electrons. The number of anilines is 1. The minimum atomic E-state index is -3.74. The van der Waals surface area contributed by atoms with Crippen LogP contribution in [-0.2, 0) is 27.9 Å². The fourth-order valence-electron chi connectivity index (χ4n) is 3.00. The van der Waals surface area contributed by atoms with E-state index in [0.717, 1.165) is 0 Å². The molecule has 158 valence electrons. The largest absolute Gasteiger partial charge is 0.468 e. The lowest BCUT2D eigenvalue weighted by molar-refractivity contribution is -0.116. The van der Waals surface area contributed by atoms with Gasteiger partial charge in [0.2, 0.25) is 15.9 Å². The quantitative estimate of drug-likeness (QED) is 0.456. The van der Waals surface area contributed by atoms with Gasteiger partial charge in [-0.25, -0.2) is 18.1 Å². The van der Waals surface area contributed by atoms with Crippen LogP contribution in [0.2, 0.25) is 0 Å². The summed E-state index contributed by atoms with van der Waals surface area (Å²) in [5.74, 6) is 0.0661. The Morgan fingerprint density at radius 2 is 1.81 bits per heavy atom. The van der Waals surface area contributed by atoms with Gasteiger partial charge >= 0.3 is 0 Å². The van der Waals surface area contributed by atoms with E-state index in [-0.39, 0.29) is 18.0 Å². The third kappa shape index (κ3) is 4.71. The van der Waals surface area contributed by atoms with Crippen LogP contribution in [0, 0.1) is 0 Å². The summed E-state index contributed by atoms with van der Waals surface area (Å²) >= 11 is 0. The van der Waals surface area contributed by atoms with Crippen molar-refractivity contribution in [3.63, 3.8) is 0 Å². The maximum Gasteiger partial charge on any atom is 0.269 e. The molecule has 0 unspecified atom stereocenters. The first-order valence-corrected chi connectivity index (χ1v) is 10.8. The molecule has 4 aromatic rings. The number of nitrogens with zero attached hydrogens (tertiary/aromatic N) is 2. The number of hydrogen-bond acceptors (Lipinski definition) is 6. The van der Waals surface area contributed by atoms with Crippen LogP contribution in [0.25, 0.3) is 11.0 Å². The molecule has 2 heterocycles. The third-order valence-corrected chi connectivity index (χ3v) is 5.94. The van der Waals surface area contributed by atoms with E-state index < -0.39 is 21.5 Å². The normalized spacial score (nSPS) is 11.5. The molecule has 1 amide bonds. The second-order valence-electron chi connectivity index (χ2n) is 6.65. The Bertz CT molecular complexity index is 1380. The zero-order valence-corrected chi connectivity index (χ0v) is 17.0. The third-order valence-electron chi connectivity index (χ3n) is 4.52. The zero-order chi connectivity index (χ0) is 21.8. The lowest BCUT2D eigenvalue weighted by Crippen LogP contribution is -2.28. The zero-order valence-electron chi connectivity index (χ0n) is 16.2. The number of amides is 1. The van der Waals surface area contributed by atoms with Gasteiger partial charge in [0.25, 0.3) is 5.56 Å². The first-order valence-electron chi connectivity index (χ1n) is 9.29. The summed E-state index contributed by atoms with van der Waals surface area (Å²) in [6.45, 7) is -0.172. The van der Waals surface area contributed by atoms with Crippen molar-refractivity contribution in [2.45, 2.75) is 18.0 Å². The van der Waals surface area contributed by atoms with Crippen molar-refractivity contribution in [1.29, 1.82) is 0 Å². The van der Waals surface area contributed by atoms with Crippen molar-refractivity contribution in [3.8, 4) is 0 Å². The maximum atomic E-state index is 12.5. The van der Waals surface area contributed by atoms with Crippen molar-refractivity contribution in [2.24, 2.45) is 0 Å². The fourth-order valence-corrected chi connectivity index (χ4v) is 4.00. The molecule has 0 saturated heterocycles. The molecule has 0 aliphatic heterocycles. The molecule has 0 aliphatic rings. The van der Waals surface area contributed by atoms with E-state index in [4.69, 9.17) is 4.42 Å². The van der Waals surface area contributed by atoms with E-state index in [1.54, 1.807) is 36.4 Å². The molecule has 0 saturated carbocycles. The highest BCUT2D eigenvalue weighted by Crippen LogP contribution is 2.15. The topological polar surface area (TPSA) is 123 Å². The van der Waals surface area contributed by atoms with E-state index in [1.165, 1.54) is 41.3 Å². The smallest absolute Gasteiger partial charge is 0.269 e. The Balaban J connectivity index is 1.44. The Morgan fingerprint density at radius 3 is 2.55 bits per heavy atom. The number of carbonyl (C=O) groups is 1. The number of aromatic nitrogens is 2. The van der Waals surface area contributed by atoms with Gasteiger partial charge in [-0.05, 0) is 48.5 Å². The van der Waals surface area contributed by atoms with Crippen molar-refractivity contribution >= 4 is 32.7 Å². The number of fused-ring (bicyclic) bond motifs is 1. The Morgan fingerprint density at radius 1 is 1.03 bits per heavy atom. The molecule has 4 rings (SSSR count). The molecule has 0 bridgehead atoms. The molecule has 0 aliphatic carbocycles. The van der Waals surface area contributed by atoms with E-state index >= 15 is 0 Å². The number of para-hydroxylation sites is 2. The number of furan rings is 1. The van der Waals surface area contributed by atoms with Gasteiger partial charge < -0.3 is 9.73 Å². The van der Waals surface area contributed by atoms with Gasteiger partial charge in [-0.3, -0.25) is 14.2 Å². The number of hydrogen-bond donors (Lipinski definition) is 2. The van der Waals surface area contributed by atoms with Crippen LogP contribution < -0.4 is 15.6 Å². The van der Waals surface area contributed by atoms with Crippen LogP contribution in [0.15, 0.2) is 87.2 Å². The minimum Gasteiger partial charge on any atom is -0.468 e. The molecular formula is C21H18N4O5S. The SMILES string of the molecule is O=C(Cn1c(=O)cnc2ccccc21)Nc1ccc(S(=O)(=O)NCc2ccco2)cc1. The molecule has 2 N–H and O–H groups in total. The first-order chi connectivity index (χ1) is 14.9. The summed E-state index contributed by atoms with van der Waals surface area (Å²) in [6, 6.07) is 16.1. The molecular weight excluding hydrogens is 420 g/mol. The summed E-state index contributed by atoms with van der Waals surface area (Å²) in [6.07, 6.45) is 2.63. The standard InChI is InChI=1S/C21H18N4O5S/c26-20(14-25-19-6-2-1-5-18(19)22-13-21(25)27)24-15-7-9-17(10-8-15)31(28,29)23-12-16-4-3-11-30-16/h1-11,13,23H,12,14H2,(H,24,26). The van der Waals surface area contributed by atoms with Crippen LogP contribution in [0.4, 0.5) is 5.69 Å². The highest BCUT2D eigenvalue weighted by atomic mass is 32.2. The molecule has 10 heteroatoms. The monoisotopic (exact) mass is 438 g/mol. The Labute approximate surface area is 177 Å². The fraction of sp³-hybridized carbons (Fsp3) is 0.0952. The predicted octanol–water partition coefficient (Wildman–Crippen LogP) is 2.11. The molecule has 9 nitrogen and oxygen atoms in total. The summed E-state index contributed by atoms with van der Waals surface area (Å²) in [5, 5.41) is 2.67. The number of sulfonamides is 1. The van der Waals surface area contributed by atoms with Gasteiger partial charge in [0, 0.05) is 5.69 Å². The average molecular weight is 438 g/mol. The van der Waals surface area contributed by atoms with Crippen LogP contribution in [0.3, 0.4) is 0 Å². The first kappa shape index (κ1) is 20.5. The van der Waals surface area contributed by atoms with Crippen molar-refractivity contribution in [1.82, 2.24) is 14.3 Å². The molecule has 2 aromatic heterocycles. The van der Waals surface area contributed by atoms with Gasteiger partial charge in [-0.1, -0.05) is 12.1 Å². The van der Waals surface area contributed by atoms with E-state index in [0.29, 0.717) is 22.5 Å². The summed E-state index contributed by atoms with van der Waals surface area (Å²) in [5.41, 5.74) is 1.17. The van der Waals surface area contributed by atoms with E-state index in [1.807, 2.05) is 0 Å². The van der Waals surface area contributed by atoms with Crippen molar-refractivity contribution in [2.75, 3.05) is 5.32 Å². The molecule has 0 spiro atoms. The van der Waals surface area contributed by atoms with E-state index in [9.17, 15) is 18.0 Å². The van der Waals surface area contributed by atoms with E-state index in [2.05, 4.69) is 15.0 Å². The Hall–Kier alpha value is -3.76. The van der Waals surface area contributed by atoms with Crippen LogP contribution >= 0.6 is 0 Å². The lowest BCUT2D eigenvalue weighted by Gasteiger charge is -2.11. The highest BCUT2D eigenvalue weighted by Gasteiger charge is 2.15. The summed E-state index contributed by atoms with van der Waals surface area (Å²) < 4.78 is 33.6. The van der Waals surface area contributed by atoms with Gasteiger partial charge in [0.1, 0.15) is 12.3 Å². The highest BCUT2D eigenvalue weighted by molar-refractivity contribution is 7.89.